The number of carbonyl (C=O) groups excluding carboxylic acids is 2. The van der Waals surface area contributed by atoms with Crippen LogP contribution in [0, 0.1) is 11.3 Å². The van der Waals surface area contributed by atoms with E-state index in [0.29, 0.717) is 19.6 Å². The van der Waals surface area contributed by atoms with Crippen LogP contribution >= 0.6 is 0 Å². The lowest BCUT2D eigenvalue weighted by atomic mass is 9.99. The second kappa shape index (κ2) is 9.64. The molecule has 0 saturated heterocycles. The predicted molar refractivity (Wildman–Crippen MR) is 83.0 cm³/mol. The van der Waals surface area contributed by atoms with Crippen LogP contribution in [0.25, 0.3) is 0 Å². The molecule has 1 atom stereocenters. The summed E-state index contributed by atoms with van der Waals surface area (Å²) in [5.41, 5.74) is -0.103. The van der Waals surface area contributed by atoms with Crippen LogP contribution in [0.15, 0.2) is 0 Å². The molecule has 0 radical (unpaired) electrons. The summed E-state index contributed by atoms with van der Waals surface area (Å²) in [6.07, 6.45) is 1.80. The van der Waals surface area contributed by atoms with Crippen molar-refractivity contribution in [3.8, 4) is 0 Å². The zero-order valence-corrected chi connectivity index (χ0v) is 14.3. The minimum atomic E-state index is -0.629. The van der Waals surface area contributed by atoms with Crippen molar-refractivity contribution in [3.05, 3.63) is 0 Å². The monoisotopic (exact) mass is 301 g/mol. The van der Waals surface area contributed by atoms with E-state index in [2.05, 4.69) is 5.32 Å². The Morgan fingerprint density at radius 3 is 2.24 bits per heavy atom. The number of ether oxygens (including phenoxy) is 2. The van der Waals surface area contributed by atoms with Crippen molar-refractivity contribution in [2.75, 3.05) is 13.2 Å². The van der Waals surface area contributed by atoms with E-state index in [4.69, 9.17) is 9.47 Å². The van der Waals surface area contributed by atoms with E-state index in [1.165, 1.54) is 0 Å². The molecule has 21 heavy (non-hydrogen) atoms. The third-order valence-corrected chi connectivity index (χ3v) is 2.62. The van der Waals surface area contributed by atoms with Crippen LogP contribution in [-0.2, 0) is 14.3 Å². The van der Waals surface area contributed by atoms with Crippen molar-refractivity contribution < 1.29 is 19.1 Å². The lowest BCUT2D eigenvalue weighted by molar-refractivity contribution is -0.147. The molecule has 0 aromatic rings. The molecule has 1 unspecified atom stereocenters. The molecule has 0 spiro atoms. The fourth-order valence-corrected chi connectivity index (χ4v) is 1.47. The highest BCUT2D eigenvalue weighted by Crippen LogP contribution is 2.13. The molecule has 1 N–H and O–H groups in total. The maximum Gasteiger partial charge on any atom is 0.407 e. The molecule has 5 heteroatoms. The third kappa shape index (κ3) is 11.1. The van der Waals surface area contributed by atoms with Crippen LogP contribution < -0.4 is 5.32 Å². The summed E-state index contributed by atoms with van der Waals surface area (Å²) in [6, 6.07) is -0.629. The maximum absolute atomic E-state index is 12.0. The summed E-state index contributed by atoms with van der Waals surface area (Å²) >= 11 is 0. The minimum Gasteiger partial charge on any atom is -0.464 e. The van der Waals surface area contributed by atoms with E-state index in [1.807, 2.05) is 41.5 Å². The van der Waals surface area contributed by atoms with E-state index in [1.54, 1.807) is 0 Å². The van der Waals surface area contributed by atoms with Gasteiger partial charge < -0.3 is 14.8 Å². The number of esters is 1. The second-order valence-electron chi connectivity index (χ2n) is 7.00. The van der Waals surface area contributed by atoms with Crippen LogP contribution in [-0.4, -0.2) is 31.3 Å². The van der Waals surface area contributed by atoms with Gasteiger partial charge in [0.05, 0.1) is 13.2 Å². The smallest absolute Gasteiger partial charge is 0.407 e. The van der Waals surface area contributed by atoms with E-state index < -0.39 is 12.1 Å². The molecule has 0 rings (SSSR count). The van der Waals surface area contributed by atoms with Gasteiger partial charge in [0.15, 0.2) is 0 Å². The molecule has 124 valence electrons. The zero-order valence-electron chi connectivity index (χ0n) is 14.3. The minimum absolute atomic E-state index is 0.103. The van der Waals surface area contributed by atoms with Crippen LogP contribution in [0.3, 0.4) is 0 Å². The van der Waals surface area contributed by atoms with Crippen molar-refractivity contribution in [2.24, 2.45) is 11.3 Å². The Kier molecular flexibility index (Phi) is 9.06. The number of carbonyl (C=O) groups is 2. The molecule has 0 saturated carbocycles. The quantitative estimate of drug-likeness (QED) is 0.697. The molecule has 0 aliphatic rings. The van der Waals surface area contributed by atoms with Crippen molar-refractivity contribution in [1.82, 2.24) is 5.32 Å². The van der Waals surface area contributed by atoms with Crippen molar-refractivity contribution in [2.45, 2.75) is 66.8 Å². The maximum atomic E-state index is 12.0. The van der Waals surface area contributed by atoms with Gasteiger partial charge in [0.1, 0.15) is 6.04 Å². The number of unbranched alkanes of at least 4 members (excludes halogenated alkanes) is 1. The lowest BCUT2D eigenvalue weighted by Crippen LogP contribution is -2.43. The molecule has 0 aliphatic carbocycles. The summed E-state index contributed by atoms with van der Waals surface area (Å²) in [5, 5.41) is 2.61. The topological polar surface area (TPSA) is 64.6 Å². The molecule has 0 aliphatic heterocycles. The van der Waals surface area contributed by atoms with Gasteiger partial charge in [-0.2, -0.15) is 0 Å². The SMILES string of the molecule is CCCCC(NC(=O)OCC(C)(C)C)C(=O)OCC(C)C. The molecule has 0 heterocycles. The Hall–Kier alpha value is -1.26. The number of nitrogens with one attached hydrogen (secondary N) is 1. The first-order valence-electron chi connectivity index (χ1n) is 7.75. The van der Waals surface area contributed by atoms with Crippen molar-refractivity contribution in [3.63, 3.8) is 0 Å². The van der Waals surface area contributed by atoms with E-state index in [-0.39, 0.29) is 17.3 Å². The molecular formula is C16H31NO4. The van der Waals surface area contributed by atoms with Gasteiger partial charge in [-0.05, 0) is 17.8 Å². The number of alkyl carbamates (subject to hydrolysis) is 1. The molecule has 5 nitrogen and oxygen atoms in total. The Morgan fingerprint density at radius 2 is 1.76 bits per heavy atom. The Balaban J connectivity index is 4.39. The fraction of sp³-hybridized carbons (Fsp3) is 0.875. The lowest BCUT2D eigenvalue weighted by Gasteiger charge is -2.21. The normalized spacial score (nSPS) is 12.9. The first kappa shape index (κ1) is 19.7. The van der Waals surface area contributed by atoms with Gasteiger partial charge in [-0.1, -0.05) is 54.4 Å². The summed E-state index contributed by atoms with van der Waals surface area (Å²) < 4.78 is 10.3. The van der Waals surface area contributed by atoms with Crippen molar-refractivity contribution in [1.29, 1.82) is 0 Å². The van der Waals surface area contributed by atoms with Crippen molar-refractivity contribution >= 4 is 12.1 Å². The second-order valence-corrected chi connectivity index (χ2v) is 7.00. The first-order chi connectivity index (χ1) is 9.65. The summed E-state index contributed by atoms with van der Waals surface area (Å²) in [5.74, 6) is -0.113. The van der Waals surface area contributed by atoms with E-state index >= 15 is 0 Å². The molecule has 0 bridgehead atoms. The highest BCUT2D eigenvalue weighted by atomic mass is 16.6. The standard InChI is InChI=1S/C16H31NO4/c1-7-8-9-13(14(18)20-10-12(2)3)17-15(19)21-11-16(4,5)6/h12-13H,7-11H2,1-6H3,(H,17,19). The Labute approximate surface area is 128 Å². The van der Waals surface area contributed by atoms with Crippen LogP contribution in [0.4, 0.5) is 4.79 Å². The van der Waals surface area contributed by atoms with Crippen LogP contribution in [0.5, 0.6) is 0 Å². The Morgan fingerprint density at radius 1 is 1.14 bits per heavy atom. The largest absolute Gasteiger partial charge is 0.464 e. The molecular weight excluding hydrogens is 270 g/mol. The van der Waals surface area contributed by atoms with E-state index in [0.717, 1.165) is 12.8 Å². The zero-order chi connectivity index (χ0) is 16.5. The molecule has 0 aromatic heterocycles. The van der Waals surface area contributed by atoms with Gasteiger partial charge in [-0.3, -0.25) is 0 Å². The van der Waals surface area contributed by atoms with Gasteiger partial charge >= 0.3 is 12.1 Å². The van der Waals surface area contributed by atoms with Gasteiger partial charge in [0.2, 0.25) is 0 Å². The summed E-state index contributed by atoms with van der Waals surface area (Å²) in [6.45, 7) is 12.6. The molecule has 0 aromatic carbocycles. The molecule has 0 fully saturated rings. The van der Waals surface area contributed by atoms with Gasteiger partial charge in [-0.25, -0.2) is 9.59 Å². The van der Waals surface area contributed by atoms with Gasteiger partial charge in [0.25, 0.3) is 0 Å². The fourth-order valence-electron chi connectivity index (χ4n) is 1.47. The third-order valence-electron chi connectivity index (χ3n) is 2.62. The Bertz CT molecular complexity index is 321. The molecule has 1 amide bonds. The first-order valence-corrected chi connectivity index (χ1v) is 7.75. The number of rotatable bonds is 8. The van der Waals surface area contributed by atoms with Crippen LogP contribution in [0.2, 0.25) is 0 Å². The van der Waals surface area contributed by atoms with E-state index in [9.17, 15) is 9.59 Å². The van der Waals surface area contributed by atoms with Gasteiger partial charge in [0, 0.05) is 0 Å². The highest BCUT2D eigenvalue weighted by Gasteiger charge is 2.23. The highest BCUT2D eigenvalue weighted by molar-refractivity contribution is 5.81. The van der Waals surface area contributed by atoms with Gasteiger partial charge in [-0.15, -0.1) is 0 Å². The summed E-state index contributed by atoms with van der Waals surface area (Å²) in [7, 11) is 0. The average molecular weight is 301 g/mol. The van der Waals surface area contributed by atoms with Crippen LogP contribution in [0.1, 0.15) is 60.8 Å². The number of amides is 1. The number of hydrogen-bond donors (Lipinski definition) is 1. The predicted octanol–water partition coefficient (Wildman–Crippen LogP) is 3.52. The summed E-state index contributed by atoms with van der Waals surface area (Å²) in [4.78, 5) is 23.8. The number of hydrogen-bond acceptors (Lipinski definition) is 4. The average Bonchev–Trinajstić information content (AvgIpc) is 2.37.